The van der Waals surface area contributed by atoms with E-state index in [1.165, 1.54) is 0 Å². The Hall–Kier alpha value is -1.32. The molecule has 110 valence electrons. The lowest BCUT2D eigenvalue weighted by Gasteiger charge is -2.38. The molecule has 1 aromatic heterocycles. The fourth-order valence-corrected chi connectivity index (χ4v) is 3.04. The summed E-state index contributed by atoms with van der Waals surface area (Å²) in [4.78, 5) is 0. The Kier molecular flexibility index (Phi) is 4.84. The van der Waals surface area contributed by atoms with Crippen molar-refractivity contribution in [2.24, 2.45) is 0 Å². The van der Waals surface area contributed by atoms with E-state index in [1.807, 2.05) is 32.2 Å². The zero-order valence-electron chi connectivity index (χ0n) is 12.9. The number of hydrogen-bond donors (Lipinski definition) is 1. The van der Waals surface area contributed by atoms with Gasteiger partial charge in [0.15, 0.2) is 0 Å². The molecule has 1 atom stereocenters. The van der Waals surface area contributed by atoms with Crippen LogP contribution >= 0.6 is 0 Å². The lowest BCUT2D eigenvalue weighted by molar-refractivity contribution is -0.0757. The van der Waals surface area contributed by atoms with E-state index in [1.54, 1.807) is 0 Å². The minimum atomic E-state index is -0.225. The van der Waals surface area contributed by atoms with Crippen LogP contribution in [-0.4, -0.2) is 19.3 Å². The van der Waals surface area contributed by atoms with E-state index in [0.717, 1.165) is 29.6 Å². The topological polar surface area (TPSA) is 34.4 Å². The number of benzene rings is 1. The van der Waals surface area contributed by atoms with Gasteiger partial charge >= 0.3 is 0 Å². The summed E-state index contributed by atoms with van der Waals surface area (Å²) in [7, 11) is 1.97. The number of furan rings is 1. The van der Waals surface area contributed by atoms with Crippen LogP contribution in [0.4, 0.5) is 0 Å². The maximum absolute atomic E-state index is 6.11. The molecule has 0 bridgehead atoms. The molecule has 0 fully saturated rings. The van der Waals surface area contributed by atoms with Crippen molar-refractivity contribution in [3.05, 3.63) is 36.1 Å². The Balaban J connectivity index is 2.43. The van der Waals surface area contributed by atoms with E-state index in [4.69, 9.17) is 9.15 Å². The Bertz CT molecular complexity index is 510. The third kappa shape index (κ3) is 2.60. The quantitative estimate of drug-likeness (QED) is 0.818. The van der Waals surface area contributed by atoms with Crippen LogP contribution in [0.25, 0.3) is 11.0 Å². The second kappa shape index (κ2) is 6.42. The normalized spacial score (nSPS) is 13.8. The molecule has 3 heteroatoms. The first kappa shape index (κ1) is 15.1. The molecule has 3 nitrogen and oxygen atoms in total. The Morgan fingerprint density at radius 2 is 1.90 bits per heavy atom. The van der Waals surface area contributed by atoms with Gasteiger partial charge in [0, 0.05) is 12.0 Å². The highest BCUT2D eigenvalue weighted by molar-refractivity contribution is 5.77. The standard InChI is InChI=1S/C17H25NO2/c1-5-17(6-2,19-7-3)16(18-4)15-12-13-10-8-9-11-14(13)20-15/h8-12,16,18H,5-7H2,1-4H3. The first-order chi connectivity index (χ1) is 9.70. The van der Waals surface area contributed by atoms with Gasteiger partial charge < -0.3 is 14.5 Å². The largest absolute Gasteiger partial charge is 0.459 e. The van der Waals surface area contributed by atoms with Gasteiger partial charge in [-0.15, -0.1) is 0 Å². The average Bonchev–Trinajstić information content (AvgIpc) is 2.90. The van der Waals surface area contributed by atoms with Gasteiger partial charge in [-0.05, 0) is 38.9 Å². The summed E-state index contributed by atoms with van der Waals surface area (Å²) >= 11 is 0. The first-order valence-electron chi connectivity index (χ1n) is 7.50. The minimum absolute atomic E-state index is 0.0600. The Labute approximate surface area is 121 Å². The van der Waals surface area contributed by atoms with Crippen molar-refractivity contribution in [2.75, 3.05) is 13.7 Å². The molecule has 0 aliphatic rings. The molecule has 2 aromatic rings. The Morgan fingerprint density at radius 3 is 2.45 bits per heavy atom. The monoisotopic (exact) mass is 275 g/mol. The smallest absolute Gasteiger partial charge is 0.134 e. The molecule has 1 N–H and O–H groups in total. The second-order valence-electron chi connectivity index (χ2n) is 5.11. The molecule has 20 heavy (non-hydrogen) atoms. The molecule has 0 saturated carbocycles. The summed E-state index contributed by atoms with van der Waals surface area (Å²) < 4.78 is 12.1. The number of rotatable bonds is 7. The molecule has 0 radical (unpaired) electrons. The molecule has 0 aliphatic carbocycles. The number of fused-ring (bicyclic) bond motifs is 1. The molecular formula is C17H25NO2. The second-order valence-corrected chi connectivity index (χ2v) is 5.11. The van der Waals surface area contributed by atoms with Crippen LogP contribution in [0, 0.1) is 0 Å². The lowest BCUT2D eigenvalue weighted by Crippen LogP contribution is -2.44. The van der Waals surface area contributed by atoms with Crippen LogP contribution in [-0.2, 0) is 4.74 Å². The van der Waals surface area contributed by atoms with E-state index in [9.17, 15) is 0 Å². The maximum Gasteiger partial charge on any atom is 0.134 e. The number of hydrogen-bond acceptors (Lipinski definition) is 3. The number of likely N-dealkylation sites (N-methyl/N-ethyl adjacent to an activating group) is 1. The number of ether oxygens (including phenoxy) is 1. The van der Waals surface area contributed by atoms with Crippen LogP contribution in [0.2, 0.25) is 0 Å². The van der Waals surface area contributed by atoms with Crippen LogP contribution in [0.5, 0.6) is 0 Å². The summed E-state index contributed by atoms with van der Waals surface area (Å²) in [6.07, 6.45) is 1.89. The first-order valence-corrected chi connectivity index (χ1v) is 7.50. The molecular weight excluding hydrogens is 250 g/mol. The Morgan fingerprint density at radius 1 is 1.20 bits per heavy atom. The van der Waals surface area contributed by atoms with Crippen molar-refractivity contribution >= 4 is 11.0 Å². The van der Waals surface area contributed by atoms with Gasteiger partial charge in [-0.2, -0.15) is 0 Å². The lowest BCUT2D eigenvalue weighted by atomic mass is 9.86. The van der Waals surface area contributed by atoms with Gasteiger partial charge in [-0.3, -0.25) is 0 Å². The highest BCUT2D eigenvalue weighted by Gasteiger charge is 2.38. The van der Waals surface area contributed by atoms with Crippen molar-refractivity contribution in [3.63, 3.8) is 0 Å². The van der Waals surface area contributed by atoms with Crippen molar-refractivity contribution < 1.29 is 9.15 Å². The summed E-state index contributed by atoms with van der Waals surface area (Å²) in [6, 6.07) is 10.3. The molecule has 1 aromatic carbocycles. The van der Waals surface area contributed by atoms with Gasteiger partial charge in [0.1, 0.15) is 11.3 Å². The van der Waals surface area contributed by atoms with Gasteiger partial charge in [0.05, 0.1) is 11.6 Å². The van der Waals surface area contributed by atoms with Crippen molar-refractivity contribution in [1.29, 1.82) is 0 Å². The van der Waals surface area contributed by atoms with Gasteiger partial charge in [0.25, 0.3) is 0 Å². The predicted octanol–water partition coefficient (Wildman–Crippen LogP) is 4.29. The predicted molar refractivity (Wildman–Crippen MR) is 83.0 cm³/mol. The SMILES string of the molecule is CCOC(CC)(CC)C(NC)c1cc2ccccc2o1. The molecule has 1 heterocycles. The van der Waals surface area contributed by atoms with E-state index in [2.05, 4.69) is 31.3 Å². The van der Waals surface area contributed by atoms with Gasteiger partial charge in [0.2, 0.25) is 0 Å². The summed E-state index contributed by atoms with van der Waals surface area (Å²) in [5.41, 5.74) is 0.706. The third-order valence-electron chi connectivity index (χ3n) is 4.17. The third-order valence-corrected chi connectivity index (χ3v) is 4.17. The zero-order valence-corrected chi connectivity index (χ0v) is 12.9. The van der Waals surface area contributed by atoms with E-state index < -0.39 is 0 Å². The molecule has 0 amide bonds. The van der Waals surface area contributed by atoms with Crippen LogP contribution in [0.1, 0.15) is 45.4 Å². The average molecular weight is 275 g/mol. The summed E-state index contributed by atoms with van der Waals surface area (Å²) in [6.45, 7) is 7.10. The summed E-state index contributed by atoms with van der Waals surface area (Å²) in [5, 5.41) is 4.53. The van der Waals surface area contributed by atoms with Crippen molar-refractivity contribution in [1.82, 2.24) is 5.32 Å². The maximum atomic E-state index is 6.11. The fourth-order valence-electron chi connectivity index (χ4n) is 3.04. The van der Waals surface area contributed by atoms with E-state index >= 15 is 0 Å². The number of para-hydroxylation sites is 1. The summed E-state index contributed by atoms with van der Waals surface area (Å²) in [5.74, 6) is 0.950. The van der Waals surface area contributed by atoms with E-state index in [-0.39, 0.29) is 11.6 Å². The van der Waals surface area contributed by atoms with Crippen LogP contribution in [0.3, 0.4) is 0 Å². The van der Waals surface area contributed by atoms with Gasteiger partial charge in [-0.1, -0.05) is 32.0 Å². The number of nitrogens with one attached hydrogen (secondary N) is 1. The molecule has 0 aliphatic heterocycles. The molecule has 0 saturated heterocycles. The zero-order chi connectivity index (χ0) is 14.6. The van der Waals surface area contributed by atoms with Gasteiger partial charge in [-0.25, -0.2) is 0 Å². The molecule has 2 rings (SSSR count). The van der Waals surface area contributed by atoms with E-state index in [0.29, 0.717) is 6.61 Å². The minimum Gasteiger partial charge on any atom is -0.459 e. The van der Waals surface area contributed by atoms with Crippen molar-refractivity contribution in [2.45, 2.75) is 45.3 Å². The molecule has 0 spiro atoms. The fraction of sp³-hybridized carbons (Fsp3) is 0.529. The highest BCUT2D eigenvalue weighted by atomic mass is 16.5. The molecule has 1 unspecified atom stereocenters. The van der Waals surface area contributed by atoms with Crippen LogP contribution < -0.4 is 5.32 Å². The highest BCUT2D eigenvalue weighted by Crippen LogP contribution is 2.37. The van der Waals surface area contributed by atoms with Crippen molar-refractivity contribution in [3.8, 4) is 0 Å². The van der Waals surface area contributed by atoms with Crippen LogP contribution in [0.15, 0.2) is 34.7 Å².